The first-order valence-electron chi connectivity index (χ1n) is 7.79. The van der Waals surface area contributed by atoms with Crippen LogP contribution in [0.4, 0.5) is 0 Å². The van der Waals surface area contributed by atoms with Gasteiger partial charge in [-0.15, -0.1) is 0 Å². The molecule has 0 saturated heterocycles. The van der Waals surface area contributed by atoms with Crippen molar-refractivity contribution in [2.45, 2.75) is 32.0 Å². The topological polar surface area (TPSA) is 91.2 Å². The van der Waals surface area contributed by atoms with Crippen LogP contribution in [0.2, 0.25) is 0 Å². The fourth-order valence-electron chi connectivity index (χ4n) is 3.78. The standard InChI is InChI=1S/C16H18N4O3/c21-15(22)13-8-20-14(17-18-16(20)23)9-19(13)7-10-5-11-3-1-2-4-12(11)6-10/h1-4,10,13H,5-9H2,(H,18,23)(H,21,22). The van der Waals surface area contributed by atoms with E-state index in [2.05, 4.69) is 22.3 Å². The third kappa shape index (κ3) is 2.46. The molecule has 1 atom stereocenters. The molecule has 2 aromatic rings. The number of aromatic nitrogens is 3. The summed E-state index contributed by atoms with van der Waals surface area (Å²) in [5.74, 6) is 0.133. The minimum Gasteiger partial charge on any atom is -0.480 e. The molecule has 2 aliphatic rings. The lowest BCUT2D eigenvalue weighted by atomic mass is 10.0. The van der Waals surface area contributed by atoms with Crippen molar-refractivity contribution in [3.8, 4) is 0 Å². The van der Waals surface area contributed by atoms with E-state index in [1.165, 1.54) is 15.7 Å². The van der Waals surface area contributed by atoms with Crippen LogP contribution in [0.5, 0.6) is 0 Å². The zero-order valence-electron chi connectivity index (χ0n) is 12.6. The minimum atomic E-state index is -0.890. The molecular formula is C16H18N4O3. The summed E-state index contributed by atoms with van der Waals surface area (Å²) in [5.41, 5.74) is 2.38. The van der Waals surface area contributed by atoms with Crippen LogP contribution in [0, 0.1) is 5.92 Å². The molecule has 2 N–H and O–H groups in total. The maximum atomic E-state index is 11.7. The molecule has 1 aromatic carbocycles. The fourth-order valence-corrected chi connectivity index (χ4v) is 3.78. The normalized spacial score (nSPS) is 21.1. The number of aliphatic carboxylic acids is 1. The predicted octanol–water partition coefficient (Wildman–Crippen LogP) is 0.255. The van der Waals surface area contributed by atoms with E-state index in [1.807, 2.05) is 17.0 Å². The molecule has 7 heteroatoms. The van der Waals surface area contributed by atoms with Gasteiger partial charge < -0.3 is 5.11 Å². The van der Waals surface area contributed by atoms with Crippen molar-refractivity contribution in [1.29, 1.82) is 0 Å². The van der Waals surface area contributed by atoms with Crippen LogP contribution < -0.4 is 5.69 Å². The van der Waals surface area contributed by atoms with Crippen LogP contribution in [0.1, 0.15) is 17.0 Å². The Bertz CT molecular complexity index is 785. The van der Waals surface area contributed by atoms with Crippen molar-refractivity contribution in [2.75, 3.05) is 6.54 Å². The van der Waals surface area contributed by atoms with Crippen LogP contribution in [0.15, 0.2) is 29.1 Å². The highest BCUT2D eigenvalue weighted by atomic mass is 16.4. The summed E-state index contributed by atoms with van der Waals surface area (Å²) in [6.07, 6.45) is 1.96. The summed E-state index contributed by atoms with van der Waals surface area (Å²) in [5, 5.41) is 15.9. The summed E-state index contributed by atoms with van der Waals surface area (Å²) < 4.78 is 1.43. The van der Waals surface area contributed by atoms with Crippen LogP contribution in [0.3, 0.4) is 0 Å². The zero-order valence-corrected chi connectivity index (χ0v) is 12.6. The summed E-state index contributed by atoms with van der Waals surface area (Å²) in [6.45, 7) is 1.24. The number of carboxylic acids is 1. The first-order valence-corrected chi connectivity index (χ1v) is 7.79. The number of aromatic amines is 1. The van der Waals surface area contributed by atoms with Gasteiger partial charge in [-0.05, 0) is 29.9 Å². The molecule has 4 rings (SSSR count). The van der Waals surface area contributed by atoms with Gasteiger partial charge in [0.25, 0.3) is 0 Å². The Hall–Kier alpha value is -2.41. The van der Waals surface area contributed by atoms with E-state index in [-0.39, 0.29) is 12.2 Å². The molecule has 0 amide bonds. The number of nitrogens with zero attached hydrogens (tertiary/aromatic N) is 3. The molecule has 1 unspecified atom stereocenters. The summed E-state index contributed by atoms with van der Waals surface area (Å²) >= 11 is 0. The number of carboxylic acid groups (broad SMARTS) is 1. The zero-order chi connectivity index (χ0) is 16.0. The summed E-state index contributed by atoms with van der Waals surface area (Å²) in [7, 11) is 0. The second-order valence-corrected chi connectivity index (χ2v) is 6.38. The Labute approximate surface area is 132 Å². The van der Waals surface area contributed by atoms with Gasteiger partial charge in [0.15, 0.2) is 0 Å². The van der Waals surface area contributed by atoms with Crippen molar-refractivity contribution < 1.29 is 9.90 Å². The number of fused-ring (bicyclic) bond motifs is 2. The van der Waals surface area contributed by atoms with Gasteiger partial charge in [-0.1, -0.05) is 24.3 Å². The molecule has 2 heterocycles. The summed E-state index contributed by atoms with van der Waals surface area (Å²) in [4.78, 5) is 25.2. The highest BCUT2D eigenvalue weighted by Crippen LogP contribution is 2.28. The van der Waals surface area contributed by atoms with E-state index in [0.717, 1.165) is 12.8 Å². The number of rotatable bonds is 3. The maximum Gasteiger partial charge on any atom is 0.343 e. The monoisotopic (exact) mass is 314 g/mol. The lowest BCUT2D eigenvalue weighted by Gasteiger charge is -2.34. The Morgan fingerprint density at radius 3 is 2.65 bits per heavy atom. The average Bonchev–Trinajstić information content (AvgIpc) is 3.09. The average molecular weight is 314 g/mol. The molecular weight excluding hydrogens is 296 g/mol. The largest absolute Gasteiger partial charge is 0.480 e. The third-order valence-electron chi connectivity index (χ3n) is 4.89. The van der Waals surface area contributed by atoms with Crippen LogP contribution in [0.25, 0.3) is 0 Å². The molecule has 0 spiro atoms. The molecule has 0 fully saturated rings. The van der Waals surface area contributed by atoms with Gasteiger partial charge in [-0.3, -0.25) is 14.3 Å². The third-order valence-corrected chi connectivity index (χ3v) is 4.89. The van der Waals surface area contributed by atoms with Gasteiger partial charge in [-0.25, -0.2) is 9.89 Å². The Morgan fingerprint density at radius 1 is 1.30 bits per heavy atom. The lowest BCUT2D eigenvalue weighted by Crippen LogP contribution is -2.51. The van der Waals surface area contributed by atoms with E-state index in [9.17, 15) is 14.7 Å². The molecule has 1 aliphatic heterocycles. The number of H-pyrrole nitrogens is 1. The van der Waals surface area contributed by atoms with Crippen LogP contribution in [-0.2, 0) is 30.7 Å². The Kier molecular flexibility index (Phi) is 3.30. The number of hydrogen-bond donors (Lipinski definition) is 2. The highest BCUT2D eigenvalue weighted by molar-refractivity contribution is 5.73. The predicted molar refractivity (Wildman–Crippen MR) is 82.0 cm³/mol. The number of hydrogen-bond acceptors (Lipinski definition) is 4. The van der Waals surface area contributed by atoms with E-state index in [1.54, 1.807) is 0 Å². The van der Waals surface area contributed by atoms with Gasteiger partial charge in [0.05, 0.1) is 13.1 Å². The van der Waals surface area contributed by atoms with Crippen molar-refractivity contribution in [1.82, 2.24) is 19.7 Å². The smallest absolute Gasteiger partial charge is 0.343 e. The number of nitrogens with one attached hydrogen (secondary N) is 1. The maximum absolute atomic E-state index is 11.7. The Morgan fingerprint density at radius 2 is 2.00 bits per heavy atom. The van der Waals surface area contributed by atoms with Crippen molar-refractivity contribution in [3.63, 3.8) is 0 Å². The first kappa shape index (κ1) is 14.2. The number of carbonyl (C=O) groups is 1. The highest BCUT2D eigenvalue weighted by Gasteiger charge is 2.35. The van der Waals surface area contributed by atoms with E-state index in [4.69, 9.17) is 0 Å². The molecule has 23 heavy (non-hydrogen) atoms. The Balaban J connectivity index is 1.54. The molecule has 1 aromatic heterocycles. The van der Waals surface area contributed by atoms with Crippen molar-refractivity contribution in [2.24, 2.45) is 5.92 Å². The molecule has 7 nitrogen and oxygen atoms in total. The minimum absolute atomic E-state index is 0.152. The van der Waals surface area contributed by atoms with E-state index in [0.29, 0.717) is 24.8 Å². The number of benzene rings is 1. The second-order valence-electron chi connectivity index (χ2n) is 6.38. The molecule has 1 aliphatic carbocycles. The SMILES string of the molecule is O=C(O)C1Cn2c(n[nH]c2=O)CN1CC1Cc2ccccc2C1. The summed E-state index contributed by atoms with van der Waals surface area (Å²) in [6, 6.07) is 7.70. The van der Waals surface area contributed by atoms with Crippen LogP contribution >= 0.6 is 0 Å². The lowest BCUT2D eigenvalue weighted by molar-refractivity contribution is -0.145. The fraction of sp³-hybridized carbons (Fsp3) is 0.438. The first-order chi connectivity index (χ1) is 11.1. The van der Waals surface area contributed by atoms with Gasteiger partial charge >= 0.3 is 11.7 Å². The van der Waals surface area contributed by atoms with E-state index >= 15 is 0 Å². The van der Waals surface area contributed by atoms with Crippen LogP contribution in [-0.4, -0.2) is 43.3 Å². The van der Waals surface area contributed by atoms with Crippen molar-refractivity contribution in [3.05, 3.63) is 51.7 Å². The molecule has 0 radical (unpaired) electrons. The van der Waals surface area contributed by atoms with Gasteiger partial charge in [0.2, 0.25) is 0 Å². The molecule has 120 valence electrons. The molecule has 0 bridgehead atoms. The quantitative estimate of drug-likeness (QED) is 0.848. The van der Waals surface area contributed by atoms with Gasteiger partial charge in [0.1, 0.15) is 11.9 Å². The van der Waals surface area contributed by atoms with Gasteiger partial charge in [0, 0.05) is 6.54 Å². The van der Waals surface area contributed by atoms with Gasteiger partial charge in [-0.2, -0.15) is 5.10 Å². The molecule has 0 saturated carbocycles. The second kappa shape index (κ2) is 5.34. The van der Waals surface area contributed by atoms with Crippen molar-refractivity contribution >= 4 is 5.97 Å². The van der Waals surface area contributed by atoms with E-state index < -0.39 is 12.0 Å².